The van der Waals surface area contributed by atoms with Crippen LogP contribution >= 0.6 is 0 Å². The summed E-state index contributed by atoms with van der Waals surface area (Å²) in [5.41, 5.74) is 7.44. The molecule has 0 aliphatic rings. The number of para-hydroxylation sites is 1. The van der Waals surface area contributed by atoms with Gasteiger partial charge in [-0.25, -0.2) is 0 Å². The van der Waals surface area contributed by atoms with Crippen molar-refractivity contribution in [3.8, 4) is 0 Å². The zero-order valence-corrected chi connectivity index (χ0v) is 10.4. The van der Waals surface area contributed by atoms with Crippen LogP contribution in [0, 0.1) is 0 Å². The molecule has 0 aliphatic heterocycles. The molecule has 0 heterocycles. The summed E-state index contributed by atoms with van der Waals surface area (Å²) in [4.78, 5) is 12.1. The van der Waals surface area contributed by atoms with E-state index in [9.17, 15) is 9.90 Å². The molecule has 0 saturated heterocycles. The minimum absolute atomic E-state index is 0.164. The minimum atomic E-state index is -0.437. The van der Waals surface area contributed by atoms with E-state index >= 15 is 0 Å². The third kappa shape index (κ3) is 3.11. The number of nitrogens with two attached hydrogens (primary N) is 1. The summed E-state index contributed by atoms with van der Waals surface area (Å²) in [5.74, 6) is -0.291. The van der Waals surface area contributed by atoms with Crippen LogP contribution < -0.4 is 11.1 Å². The first-order valence-electron chi connectivity index (χ1n) is 6.03. The molecule has 0 radical (unpaired) electrons. The molecule has 1 atom stereocenters. The second-order valence-electron chi connectivity index (χ2n) is 4.21. The number of aliphatic hydroxyl groups is 1. The summed E-state index contributed by atoms with van der Waals surface area (Å²) in [6.45, 7) is -0.164. The van der Waals surface area contributed by atoms with E-state index in [0.717, 1.165) is 5.56 Å². The summed E-state index contributed by atoms with van der Waals surface area (Å²) in [6, 6.07) is 15.7. The van der Waals surface area contributed by atoms with Gasteiger partial charge in [0.25, 0.3) is 5.91 Å². The quantitative estimate of drug-likeness (QED) is 0.729. The van der Waals surface area contributed by atoms with E-state index in [0.29, 0.717) is 11.3 Å². The fourth-order valence-corrected chi connectivity index (χ4v) is 1.86. The molecule has 0 spiro atoms. The maximum Gasteiger partial charge on any atom is 0.253 e. The number of hydrogen-bond donors (Lipinski definition) is 3. The Bertz CT molecular complexity index is 555. The topological polar surface area (TPSA) is 75.4 Å². The van der Waals surface area contributed by atoms with Crippen LogP contribution in [0.4, 0.5) is 5.69 Å². The molecule has 2 aromatic rings. The van der Waals surface area contributed by atoms with E-state index in [-0.39, 0.29) is 12.5 Å². The molecule has 19 heavy (non-hydrogen) atoms. The van der Waals surface area contributed by atoms with Gasteiger partial charge < -0.3 is 16.2 Å². The number of nitrogen functional groups attached to an aromatic ring is 1. The molecule has 0 saturated carbocycles. The van der Waals surface area contributed by atoms with Crippen LogP contribution in [0.2, 0.25) is 0 Å². The number of carbonyl (C=O) groups is 1. The number of carbonyl (C=O) groups excluding carboxylic acids is 1. The molecule has 0 bridgehead atoms. The van der Waals surface area contributed by atoms with Gasteiger partial charge in [-0.2, -0.15) is 0 Å². The molecule has 4 N–H and O–H groups in total. The lowest BCUT2D eigenvalue weighted by Crippen LogP contribution is -2.31. The molecule has 0 aromatic heterocycles. The van der Waals surface area contributed by atoms with Gasteiger partial charge in [0.15, 0.2) is 0 Å². The second-order valence-corrected chi connectivity index (χ2v) is 4.21. The number of benzene rings is 2. The van der Waals surface area contributed by atoms with Crippen LogP contribution in [-0.2, 0) is 0 Å². The maximum atomic E-state index is 12.1. The van der Waals surface area contributed by atoms with Crippen molar-refractivity contribution >= 4 is 11.6 Å². The standard InChI is InChI=1S/C15H16N2O2/c16-13-9-5-4-8-12(13)15(19)17-14(10-18)11-6-2-1-3-7-11/h1-9,14,18H,10,16H2,(H,17,19)/t14-/m1/s1. The Kier molecular flexibility index (Phi) is 4.15. The van der Waals surface area contributed by atoms with Gasteiger partial charge in [0.05, 0.1) is 18.2 Å². The molecule has 4 heteroatoms. The van der Waals surface area contributed by atoms with Crippen molar-refractivity contribution in [1.82, 2.24) is 5.32 Å². The summed E-state index contributed by atoms with van der Waals surface area (Å²) >= 11 is 0. The van der Waals surface area contributed by atoms with E-state index < -0.39 is 6.04 Å². The van der Waals surface area contributed by atoms with Gasteiger partial charge in [-0.15, -0.1) is 0 Å². The number of nitrogens with one attached hydrogen (secondary N) is 1. The normalized spacial score (nSPS) is 11.8. The highest BCUT2D eigenvalue weighted by Gasteiger charge is 2.15. The summed E-state index contributed by atoms with van der Waals surface area (Å²) in [5, 5.41) is 12.2. The van der Waals surface area contributed by atoms with Gasteiger partial charge in [0.1, 0.15) is 0 Å². The maximum absolute atomic E-state index is 12.1. The zero-order valence-electron chi connectivity index (χ0n) is 10.4. The highest BCUT2D eigenvalue weighted by atomic mass is 16.3. The average Bonchev–Trinajstić information content (AvgIpc) is 2.46. The van der Waals surface area contributed by atoms with Gasteiger partial charge in [-0.3, -0.25) is 4.79 Å². The Hall–Kier alpha value is -2.33. The van der Waals surface area contributed by atoms with Crippen molar-refractivity contribution in [2.45, 2.75) is 6.04 Å². The number of hydrogen-bond acceptors (Lipinski definition) is 3. The number of anilines is 1. The Morgan fingerprint density at radius 1 is 1.11 bits per heavy atom. The fourth-order valence-electron chi connectivity index (χ4n) is 1.86. The minimum Gasteiger partial charge on any atom is -0.398 e. The predicted molar refractivity (Wildman–Crippen MR) is 74.6 cm³/mol. The van der Waals surface area contributed by atoms with Crippen molar-refractivity contribution in [1.29, 1.82) is 0 Å². The van der Waals surface area contributed by atoms with Crippen LogP contribution in [-0.4, -0.2) is 17.6 Å². The van der Waals surface area contributed by atoms with E-state index in [4.69, 9.17) is 5.73 Å². The molecule has 2 rings (SSSR count). The lowest BCUT2D eigenvalue weighted by atomic mass is 10.1. The highest BCUT2D eigenvalue weighted by Crippen LogP contribution is 2.15. The van der Waals surface area contributed by atoms with E-state index in [2.05, 4.69) is 5.32 Å². The smallest absolute Gasteiger partial charge is 0.253 e. The summed E-state index contributed by atoms with van der Waals surface area (Å²) in [6.07, 6.45) is 0. The molecule has 0 aliphatic carbocycles. The highest BCUT2D eigenvalue weighted by molar-refractivity contribution is 5.99. The van der Waals surface area contributed by atoms with Crippen molar-refractivity contribution in [3.63, 3.8) is 0 Å². The Morgan fingerprint density at radius 2 is 1.74 bits per heavy atom. The van der Waals surface area contributed by atoms with Crippen LogP contribution in [0.25, 0.3) is 0 Å². The molecule has 1 amide bonds. The van der Waals surface area contributed by atoms with Crippen LogP contribution in [0.5, 0.6) is 0 Å². The molecule has 4 nitrogen and oxygen atoms in total. The van der Waals surface area contributed by atoms with Crippen molar-refractivity contribution in [3.05, 3.63) is 65.7 Å². The van der Waals surface area contributed by atoms with Crippen LogP contribution in [0.1, 0.15) is 22.0 Å². The van der Waals surface area contributed by atoms with Crippen molar-refractivity contribution in [2.75, 3.05) is 12.3 Å². The number of aliphatic hydroxyl groups excluding tert-OH is 1. The molecule has 0 fully saturated rings. The third-order valence-corrected chi connectivity index (χ3v) is 2.90. The molecular formula is C15H16N2O2. The zero-order chi connectivity index (χ0) is 13.7. The van der Waals surface area contributed by atoms with E-state index in [1.807, 2.05) is 30.3 Å². The van der Waals surface area contributed by atoms with E-state index in [1.165, 1.54) is 0 Å². The lowest BCUT2D eigenvalue weighted by molar-refractivity contribution is 0.0917. The van der Waals surface area contributed by atoms with Crippen LogP contribution in [0.15, 0.2) is 54.6 Å². The first kappa shape index (κ1) is 13.1. The van der Waals surface area contributed by atoms with Gasteiger partial charge in [0.2, 0.25) is 0 Å². The first-order valence-corrected chi connectivity index (χ1v) is 6.03. The number of amides is 1. The Morgan fingerprint density at radius 3 is 2.37 bits per heavy atom. The molecule has 98 valence electrons. The van der Waals surface area contributed by atoms with Gasteiger partial charge in [0, 0.05) is 5.69 Å². The van der Waals surface area contributed by atoms with Crippen LogP contribution in [0.3, 0.4) is 0 Å². The third-order valence-electron chi connectivity index (χ3n) is 2.90. The fraction of sp³-hybridized carbons (Fsp3) is 0.133. The first-order chi connectivity index (χ1) is 9.22. The predicted octanol–water partition coefficient (Wildman–Crippen LogP) is 1.73. The molecule has 2 aromatic carbocycles. The average molecular weight is 256 g/mol. The second kappa shape index (κ2) is 6.02. The largest absolute Gasteiger partial charge is 0.398 e. The number of rotatable bonds is 4. The van der Waals surface area contributed by atoms with E-state index in [1.54, 1.807) is 24.3 Å². The molecule has 0 unspecified atom stereocenters. The monoisotopic (exact) mass is 256 g/mol. The van der Waals surface area contributed by atoms with Crippen molar-refractivity contribution in [2.24, 2.45) is 0 Å². The lowest BCUT2D eigenvalue weighted by Gasteiger charge is -2.17. The van der Waals surface area contributed by atoms with Gasteiger partial charge in [-0.1, -0.05) is 42.5 Å². The van der Waals surface area contributed by atoms with Gasteiger partial charge in [-0.05, 0) is 17.7 Å². The van der Waals surface area contributed by atoms with Gasteiger partial charge >= 0.3 is 0 Å². The SMILES string of the molecule is Nc1ccccc1C(=O)N[C@H](CO)c1ccccc1. The molecular weight excluding hydrogens is 240 g/mol. The van der Waals surface area contributed by atoms with Crippen molar-refractivity contribution < 1.29 is 9.90 Å². The Balaban J connectivity index is 2.16. The summed E-state index contributed by atoms with van der Waals surface area (Å²) < 4.78 is 0. The summed E-state index contributed by atoms with van der Waals surface area (Å²) in [7, 11) is 0. The Labute approximate surface area is 111 Å².